The van der Waals surface area contributed by atoms with Gasteiger partial charge >= 0.3 is 0 Å². The number of aliphatic hydroxyl groups excluding tert-OH is 1. The molecule has 2 rings (SSSR count). The highest BCUT2D eigenvalue weighted by molar-refractivity contribution is 5.31. The second kappa shape index (κ2) is 7.50. The largest absolute Gasteiger partial charge is 0.497 e. The second-order valence-electron chi connectivity index (χ2n) is 5.48. The van der Waals surface area contributed by atoms with E-state index >= 15 is 0 Å². The Morgan fingerprint density at radius 1 is 1.25 bits per heavy atom. The van der Waals surface area contributed by atoms with Gasteiger partial charge in [0.05, 0.1) is 7.11 Å². The first-order chi connectivity index (χ1) is 9.69. The zero-order valence-corrected chi connectivity index (χ0v) is 12.4. The van der Waals surface area contributed by atoms with Crippen LogP contribution < -0.4 is 9.47 Å². The molecule has 0 spiro atoms. The molecular weight excluding hydrogens is 254 g/mol. The molecule has 0 bridgehead atoms. The number of piperidine rings is 1. The number of hydrogen-bond donors (Lipinski definition) is 1. The molecule has 0 unspecified atom stereocenters. The van der Waals surface area contributed by atoms with Crippen molar-refractivity contribution in [2.24, 2.45) is 0 Å². The number of β-amino-alcohol motifs (C(OH)–C–C–N with tert-alkyl or cyclic N) is 1. The third kappa shape index (κ3) is 4.39. The van der Waals surface area contributed by atoms with E-state index in [2.05, 4.69) is 11.8 Å². The fourth-order valence-corrected chi connectivity index (χ4v) is 2.62. The minimum atomic E-state index is -0.447. The minimum Gasteiger partial charge on any atom is -0.497 e. The van der Waals surface area contributed by atoms with Crippen LogP contribution in [0.3, 0.4) is 0 Å². The highest BCUT2D eigenvalue weighted by atomic mass is 16.5. The van der Waals surface area contributed by atoms with E-state index in [0.29, 0.717) is 19.2 Å². The first-order valence-electron chi connectivity index (χ1n) is 7.38. The summed E-state index contributed by atoms with van der Waals surface area (Å²) < 4.78 is 10.7. The van der Waals surface area contributed by atoms with Gasteiger partial charge in [-0.25, -0.2) is 0 Å². The van der Waals surface area contributed by atoms with Crippen molar-refractivity contribution < 1.29 is 14.6 Å². The van der Waals surface area contributed by atoms with Gasteiger partial charge in [0.15, 0.2) is 0 Å². The molecule has 0 saturated carbocycles. The highest BCUT2D eigenvalue weighted by Gasteiger charge is 2.20. The molecule has 1 fully saturated rings. The molecule has 1 aromatic carbocycles. The van der Waals surface area contributed by atoms with E-state index in [-0.39, 0.29) is 0 Å². The average molecular weight is 279 g/mol. The van der Waals surface area contributed by atoms with Gasteiger partial charge in [-0.05, 0) is 50.6 Å². The summed E-state index contributed by atoms with van der Waals surface area (Å²) in [5, 5.41) is 10.1. The van der Waals surface area contributed by atoms with Crippen LogP contribution in [-0.4, -0.2) is 49.0 Å². The predicted molar refractivity (Wildman–Crippen MR) is 79.4 cm³/mol. The van der Waals surface area contributed by atoms with Gasteiger partial charge in [0.1, 0.15) is 24.2 Å². The van der Waals surface area contributed by atoms with Crippen molar-refractivity contribution >= 4 is 0 Å². The summed E-state index contributed by atoms with van der Waals surface area (Å²) in [7, 11) is 1.64. The third-order valence-corrected chi connectivity index (χ3v) is 3.89. The minimum absolute atomic E-state index is 0.329. The van der Waals surface area contributed by atoms with E-state index in [1.807, 2.05) is 24.3 Å². The quantitative estimate of drug-likeness (QED) is 0.867. The summed E-state index contributed by atoms with van der Waals surface area (Å²) in [6.07, 6.45) is 3.32. The van der Waals surface area contributed by atoms with Crippen molar-refractivity contribution in [3.8, 4) is 11.5 Å². The van der Waals surface area contributed by atoms with Crippen molar-refractivity contribution in [2.75, 3.05) is 26.8 Å². The Balaban J connectivity index is 1.74. The molecule has 1 saturated heterocycles. The van der Waals surface area contributed by atoms with Crippen LogP contribution in [0.2, 0.25) is 0 Å². The van der Waals surface area contributed by atoms with Crippen molar-refractivity contribution in [3.63, 3.8) is 0 Å². The van der Waals surface area contributed by atoms with Crippen LogP contribution in [0.5, 0.6) is 11.5 Å². The van der Waals surface area contributed by atoms with E-state index in [9.17, 15) is 5.11 Å². The van der Waals surface area contributed by atoms with Gasteiger partial charge in [0, 0.05) is 12.6 Å². The molecule has 4 nitrogen and oxygen atoms in total. The van der Waals surface area contributed by atoms with E-state index in [4.69, 9.17) is 9.47 Å². The standard InChI is InChI=1S/C16H25NO3/c1-13-5-3-4-10-17(13)11-14(18)12-20-16-8-6-15(19-2)7-9-16/h6-9,13-14,18H,3-5,10-12H2,1-2H3/t13-,14+/m1/s1. The molecule has 112 valence electrons. The SMILES string of the molecule is COc1ccc(OC[C@@H](O)CN2CCCC[C@H]2C)cc1. The lowest BCUT2D eigenvalue weighted by molar-refractivity contribution is 0.0438. The fourth-order valence-electron chi connectivity index (χ4n) is 2.62. The maximum absolute atomic E-state index is 10.1. The van der Waals surface area contributed by atoms with E-state index < -0.39 is 6.10 Å². The number of nitrogens with zero attached hydrogens (tertiary/aromatic N) is 1. The third-order valence-electron chi connectivity index (χ3n) is 3.89. The highest BCUT2D eigenvalue weighted by Crippen LogP contribution is 2.18. The molecule has 1 aliphatic heterocycles. The zero-order valence-electron chi connectivity index (χ0n) is 12.4. The smallest absolute Gasteiger partial charge is 0.119 e. The molecule has 0 radical (unpaired) electrons. The lowest BCUT2D eigenvalue weighted by atomic mass is 10.0. The van der Waals surface area contributed by atoms with Crippen molar-refractivity contribution in [2.45, 2.75) is 38.3 Å². The summed E-state index contributed by atoms with van der Waals surface area (Å²) in [5.41, 5.74) is 0. The van der Waals surface area contributed by atoms with Gasteiger partial charge in [-0.15, -0.1) is 0 Å². The molecule has 4 heteroatoms. The van der Waals surface area contributed by atoms with Crippen molar-refractivity contribution in [3.05, 3.63) is 24.3 Å². The summed E-state index contributed by atoms with van der Waals surface area (Å²) in [6.45, 7) is 4.34. The maximum Gasteiger partial charge on any atom is 0.119 e. The molecule has 0 aromatic heterocycles. The normalized spacial score (nSPS) is 21.4. The molecule has 1 N–H and O–H groups in total. The fraction of sp³-hybridized carbons (Fsp3) is 0.625. The van der Waals surface area contributed by atoms with Crippen LogP contribution in [0, 0.1) is 0 Å². The Hall–Kier alpha value is -1.26. The van der Waals surface area contributed by atoms with Crippen LogP contribution in [0.15, 0.2) is 24.3 Å². The van der Waals surface area contributed by atoms with Crippen molar-refractivity contribution in [1.29, 1.82) is 0 Å². The Morgan fingerprint density at radius 3 is 2.60 bits per heavy atom. The Labute approximate surface area is 121 Å². The predicted octanol–water partition coefficient (Wildman–Crippen LogP) is 2.31. The summed E-state index contributed by atoms with van der Waals surface area (Å²) in [4.78, 5) is 2.35. The Bertz CT molecular complexity index is 393. The molecule has 2 atom stereocenters. The van der Waals surface area contributed by atoms with Crippen molar-refractivity contribution in [1.82, 2.24) is 4.90 Å². The molecule has 20 heavy (non-hydrogen) atoms. The molecule has 1 aliphatic rings. The second-order valence-corrected chi connectivity index (χ2v) is 5.48. The average Bonchev–Trinajstić information content (AvgIpc) is 2.48. The Morgan fingerprint density at radius 2 is 1.95 bits per heavy atom. The van der Waals surface area contributed by atoms with Gasteiger partial charge in [-0.2, -0.15) is 0 Å². The Kier molecular flexibility index (Phi) is 5.68. The molecule has 1 aromatic rings. The summed E-state index contributed by atoms with van der Waals surface area (Å²) >= 11 is 0. The zero-order chi connectivity index (χ0) is 14.4. The van der Waals surface area contributed by atoms with Crippen LogP contribution in [0.25, 0.3) is 0 Å². The van der Waals surface area contributed by atoms with Gasteiger partial charge < -0.3 is 14.6 Å². The monoisotopic (exact) mass is 279 g/mol. The first kappa shape index (κ1) is 15.1. The van der Waals surface area contributed by atoms with Crippen LogP contribution in [0.4, 0.5) is 0 Å². The van der Waals surface area contributed by atoms with Gasteiger partial charge in [-0.3, -0.25) is 4.90 Å². The number of ether oxygens (including phenoxy) is 2. The first-order valence-corrected chi connectivity index (χ1v) is 7.38. The van der Waals surface area contributed by atoms with Crippen LogP contribution in [0.1, 0.15) is 26.2 Å². The summed E-state index contributed by atoms with van der Waals surface area (Å²) in [5.74, 6) is 1.57. The number of likely N-dealkylation sites (tertiary alicyclic amines) is 1. The lowest BCUT2D eigenvalue weighted by Crippen LogP contribution is -2.43. The van der Waals surface area contributed by atoms with E-state index in [1.165, 1.54) is 19.3 Å². The van der Waals surface area contributed by atoms with Gasteiger partial charge in [0.25, 0.3) is 0 Å². The summed E-state index contributed by atoms with van der Waals surface area (Å²) in [6, 6.07) is 7.99. The van der Waals surface area contributed by atoms with Gasteiger partial charge in [0.2, 0.25) is 0 Å². The number of methoxy groups -OCH3 is 1. The molecule has 1 heterocycles. The van der Waals surface area contributed by atoms with E-state index in [1.54, 1.807) is 7.11 Å². The molecular formula is C16H25NO3. The number of rotatable bonds is 6. The maximum atomic E-state index is 10.1. The van der Waals surface area contributed by atoms with Crippen LogP contribution in [-0.2, 0) is 0 Å². The van der Waals surface area contributed by atoms with E-state index in [0.717, 1.165) is 18.0 Å². The number of benzene rings is 1. The topological polar surface area (TPSA) is 41.9 Å². The molecule has 0 amide bonds. The number of aliphatic hydroxyl groups is 1. The number of hydrogen-bond acceptors (Lipinski definition) is 4. The molecule has 0 aliphatic carbocycles. The lowest BCUT2D eigenvalue weighted by Gasteiger charge is -2.34. The van der Waals surface area contributed by atoms with Crippen LogP contribution >= 0.6 is 0 Å². The van der Waals surface area contributed by atoms with Gasteiger partial charge in [-0.1, -0.05) is 6.42 Å².